The molecule has 2 aromatic carbocycles. The molecule has 0 bridgehead atoms. The highest BCUT2D eigenvalue weighted by molar-refractivity contribution is 8.01. The normalized spacial score (nSPS) is 21.4. The second-order valence-corrected chi connectivity index (χ2v) is 11.1. The quantitative estimate of drug-likeness (QED) is 0.428. The molecule has 3 aliphatic heterocycles. The van der Waals surface area contributed by atoms with Gasteiger partial charge in [0.15, 0.2) is 0 Å². The molecule has 3 aliphatic rings. The van der Waals surface area contributed by atoms with E-state index in [0.717, 1.165) is 21.9 Å². The van der Waals surface area contributed by atoms with Crippen LogP contribution in [0.3, 0.4) is 0 Å². The third kappa shape index (κ3) is 4.79. The molecule has 2 N–H and O–H groups in total. The van der Waals surface area contributed by atoms with Crippen LogP contribution in [0, 0.1) is 6.92 Å². The Morgan fingerprint density at radius 2 is 1.97 bits per heavy atom. The van der Waals surface area contributed by atoms with E-state index in [1.54, 1.807) is 16.0 Å². The van der Waals surface area contributed by atoms with Crippen LogP contribution < -0.4 is 20.3 Å². The Kier molecular flexibility index (Phi) is 6.82. The molecule has 1 aromatic heterocycles. The van der Waals surface area contributed by atoms with E-state index in [4.69, 9.17) is 16.3 Å². The summed E-state index contributed by atoms with van der Waals surface area (Å²) in [5.74, 6) is 0.997. The lowest BCUT2D eigenvalue weighted by Crippen LogP contribution is -2.50. The van der Waals surface area contributed by atoms with Gasteiger partial charge in [0, 0.05) is 30.9 Å². The van der Waals surface area contributed by atoms with E-state index < -0.39 is 11.3 Å². The Hall–Kier alpha value is -3.76. The van der Waals surface area contributed by atoms with E-state index in [0.29, 0.717) is 36.6 Å². The van der Waals surface area contributed by atoms with E-state index in [-0.39, 0.29) is 29.8 Å². The monoisotopic (exact) mass is 563 g/mol. The van der Waals surface area contributed by atoms with Crippen LogP contribution in [0.25, 0.3) is 0 Å². The highest BCUT2D eigenvalue weighted by atomic mass is 35.5. The lowest BCUT2D eigenvalue weighted by Gasteiger charge is -2.35. The van der Waals surface area contributed by atoms with Crippen molar-refractivity contribution < 1.29 is 19.1 Å². The highest BCUT2D eigenvalue weighted by Crippen LogP contribution is 2.51. The maximum Gasteiger partial charge on any atom is 0.327 e. The van der Waals surface area contributed by atoms with Crippen molar-refractivity contribution in [3.8, 4) is 11.5 Å². The molecule has 0 radical (unpaired) electrons. The van der Waals surface area contributed by atoms with E-state index in [1.807, 2.05) is 61.5 Å². The van der Waals surface area contributed by atoms with Crippen LogP contribution in [0.4, 0.5) is 16.2 Å². The molecule has 6 rings (SSSR count). The van der Waals surface area contributed by atoms with Gasteiger partial charge in [-0.15, -0.1) is 11.6 Å². The molecule has 2 unspecified atom stereocenters. The number of thioether (sulfide) groups is 1. The van der Waals surface area contributed by atoms with Crippen LogP contribution in [0.15, 0.2) is 65.8 Å². The smallest absolute Gasteiger partial charge is 0.327 e. The number of amides is 4. The Morgan fingerprint density at radius 1 is 1.15 bits per heavy atom. The molecule has 0 spiro atoms. The minimum absolute atomic E-state index is 0.0737. The number of nitrogens with zero attached hydrogens (tertiary/aromatic N) is 3. The lowest BCUT2D eigenvalue weighted by atomic mass is 9.99. The van der Waals surface area contributed by atoms with Gasteiger partial charge in [-0.3, -0.25) is 14.5 Å². The number of nitrogens with one attached hydrogen (secondary N) is 2. The Labute approximate surface area is 234 Å². The average Bonchev–Trinajstić information content (AvgIpc) is 3.55. The predicted octanol–water partition coefficient (Wildman–Crippen LogP) is 4.51. The molecule has 3 aromatic rings. The Balaban J connectivity index is 1.23. The van der Waals surface area contributed by atoms with E-state index in [1.165, 1.54) is 11.8 Å². The summed E-state index contributed by atoms with van der Waals surface area (Å²) in [6, 6.07) is 15.9. The SMILES string of the molecule is Cc1cc(Oc2ccccc2)ccc1N1C(=O)NC2c3c1ccnc3S[C@H]2C(=O)NC1CCN(C(=O)CCl)C1. The summed E-state index contributed by atoms with van der Waals surface area (Å²) >= 11 is 7.03. The molecule has 39 heavy (non-hydrogen) atoms. The summed E-state index contributed by atoms with van der Waals surface area (Å²) in [4.78, 5) is 46.6. The minimum atomic E-state index is -0.569. The molecule has 0 saturated carbocycles. The number of rotatable bonds is 6. The largest absolute Gasteiger partial charge is 0.457 e. The standard InChI is InChI=1S/C28H26ClN5O4S/c1-16-13-19(38-18-5-3-2-4-6-18)7-8-20(16)34-21-9-11-30-27-23(21)24(32-28(34)37)25(39-27)26(36)31-17-10-12-33(15-17)22(35)14-29/h2-9,11,13,17,24-25H,10,12,14-15H2,1H3,(H,31,36)(H,32,37)/t17?,24?,25-/m1/s1. The summed E-state index contributed by atoms with van der Waals surface area (Å²) < 4.78 is 5.96. The van der Waals surface area contributed by atoms with Crippen molar-refractivity contribution in [2.45, 2.75) is 35.7 Å². The van der Waals surface area contributed by atoms with Crippen LogP contribution in [-0.2, 0) is 9.59 Å². The van der Waals surface area contributed by atoms with E-state index in [9.17, 15) is 14.4 Å². The molecule has 1 fully saturated rings. The summed E-state index contributed by atoms with van der Waals surface area (Å²) in [5, 5.41) is 6.26. The van der Waals surface area contributed by atoms with Crippen LogP contribution in [0.2, 0.25) is 0 Å². The first-order valence-electron chi connectivity index (χ1n) is 12.7. The average molecular weight is 564 g/mol. The number of aromatic nitrogens is 1. The zero-order valence-electron chi connectivity index (χ0n) is 21.1. The first-order chi connectivity index (χ1) is 18.9. The zero-order chi connectivity index (χ0) is 27.1. The fourth-order valence-corrected chi connectivity index (χ4v) is 6.71. The van der Waals surface area contributed by atoms with Gasteiger partial charge in [0.2, 0.25) is 11.8 Å². The number of benzene rings is 2. The molecule has 9 nitrogen and oxygen atoms in total. The molecule has 200 valence electrons. The van der Waals surface area contributed by atoms with Crippen molar-refractivity contribution in [2.24, 2.45) is 0 Å². The number of likely N-dealkylation sites (tertiary alicyclic amines) is 1. The third-order valence-electron chi connectivity index (χ3n) is 7.15. The number of carbonyl (C=O) groups excluding carboxylic acids is 3. The van der Waals surface area contributed by atoms with Gasteiger partial charge in [-0.1, -0.05) is 30.0 Å². The summed E-state index contributed by atoms with van der Waals surface area (Å²) in [5.41, 5.74) is 3.11. The number of carbonyl (C=O) groups is 3. The number of anilines is 2. The van der Waals surface area contributed by atoms with Crippen molar-refractivity contribution in [1.29, 1.82) is 0 Å². The number of pyridine rings is 1. The number of urea groups is 1. The summed E-state index contributed by atoms with van der Waals surface area (Å²) in [6.07, 6.45) is 2.33. The first kappa shape index (κ1) is 25.5. The molecule has 0 aliphatic carbocycles. The van der Waals surface area contributed by atoms with Gasteiger partial charge in [0.1, 0.15) is 27.7 Å². The molecule has 4 amide bonds. The number of aryl methyl sites for hydroxylation is 1. The predicted molar refractivity (Wildman–Crippen MR) is 149 cm³/mol. The highest BCUT2D eigenvalue weighted by Gasteiger charge is 2.47. The van der Waals surface area contributed by atoms with Crippen LogP contribution in [0.5, 0.6) is 11.5 Å². The fraction of sp³-hybridized carbons (Fsp3) is 0.286. The molecule has 11 heteroatoms. The van der Waals surface area contributed by atoms with Gasteiger partial charge >= 0.3 is 6.03 Å². The van der Waals surface area contributed by atoms with Crippen molar-refractivity contribution in [1.82, 2.24) is 20.5 Å². The van der Waals surface area contributed by atoms with Crippen molar-refractivity contribution in [3.63, 3.8) is 0 Å². The maximum atomic E-state index is 13.5. The van der Waals surface area contributed by atoms with Crippen molar-refractivity contribution >= 4 is 52.6 Å². The maximum absolute atomic E-state index is 13.5. The number of alkyl halides is 1. The fourth-order valence-electron chi connectivity index (χ4n) is 5.30. The van der Waals surface area contributed by atoms with Gasteiger partial charge in [-0.25, -0.2) is 9.78 Å². The van der Waals surface area contributed by atoms with Crippen LogP contribution in [0.1, 0.15) is 23.6 Å². The van der Waals surface area contributed by atoms with Gasteiger partial charge < -0.3 is 20.3 Å². The first-order valence-corrected chi connectivity index (χ1v) is 14.1. The molecular formula is C28H26ClN5O4S. The van der Waals surface area contributed by atoms with E-state index >= 15 is 0 Å². The number of ether oxygens (including phenoxy) is 1. The van der Waals surface area contributed by atoms with Gasteiger partial charge in [0.25, 0.3) is 0 Å². The molecule has 3 atom stereocenters. The van der Waals surface area contributed by atoms with Crippen molar-refractivity contribution in [2.75, 3.05) is 23.9 Å². The van der Waals surface area contributed by atoms with Crippen LogP contribution >= 0.6 is 23.4 Å². The Morgan fingerprint density at radius 3 is 2.74 bits per heavy atom. The third-order valence-corrected chi connectivity index (χ3v) is 8.67. The van der Waals surface area contributed by atoms with Gasteiger partial charge in [0.05, 0.1) is 17.4 Å². The van der Waals surface area contributed by atoms with Crippen LogP contribution in [-0.4, -0.2) is 58.0 Å². The number of hydrogen-bond acceptors (Lipinski definition) is 6. The summed E-state index contributed by atoms with van der Waals surface area (Å²) in [6.45, 7) is 2.92. The minimum Gasteiger partial charge on any atom is -0.457 e. The summed E-state index contributed by atoms with van der Waals surface area (Å²) in [7, 11) is 0. The lowest BCUT2D eigenvalue weighted by molar-refractivity contribution is -0.128. The molecule has 1 saturated heterocycles. The Bertz CT molecular complexity index is 1460. The molecular weight excluding hydrogens is 538 g/mol. The zero-order valence-corrected chi connectivity index (χ0v) is 22.7. The molecule has 4 heterocycles. The number of hydrogen-bond donors (Lipinski definition) is 2. The van der Waals surface area contributed by atoms with Crippen molar-refractivity contribution in [3.05, 3.63) is 71.9 Å². The topological polar surface area (TPSA) is 104 Å². The number of halogens is 1. The van der Waals surface area contributed by atoms with Gasteiger partial charge in [-0.05, 0) is 55.3 Å². The second kappa shape index (κ2) is 10.4. The number of para-hydroxylation sites is 1. The van der Waals surface area contributed by atoms with E-state index in [2.05, 4.69) is 15.6 Å². The second-order valence-electron chi connectivity index (χ2n) is 9.68. The van der Waals surface area contributed by atoms with Gasteiger partial charge in [-0.2, -0.15) is 0 Å².